The predicted molar refractivity (Wildman–Crippen MR) is 77.4 cm³/mol. The van der Waals surface area contributed by atoms with Crippen LogP contribution < -0.4 is 5.32 Å². The van der Waals surface area contributed by atoms with Crippen molar-refractivity contribution in [2.75, 3.05) is 6.54 Å². The van der Waals surface area contributed by atoms with Gasteiger partial charge in [-0.15, -0.1) is 0 Å². The lowest BCUT2D eigenvalue weighted by atomic mass is 9.97. The van der Waals surface area contributed by atoms with E-state index in [0.29, 0.717) is 18.9 Å². The van der Waals surface area contributed by atoms with Crippen LogP contribution in [-0.2, 0) is 17.6 Å². The van der Waals surface area contributed by atoms with Crippen LogP contribution in [0.1, 0.15) is 35.6 Å². The summed E-state index contributed by atoms with van der Waals surface area (Å²) in [5, 5.41) is 2.99. The molecule has 1 aromatic carbocycles. The molecule has 1 atom stereocenters. The van der Waals surface area contributed by atoms with Crippen LogP contribution in [0.15, 0.2) is 36.8 Å². The Hall–Kier alpha value is -2.10. The number of carbonyl (C=O) groups is 1. The Balaban J connectivity index is 1.48. The van der Waals surface area contributed by atoms with E-state index < -0.39 is 0 Å². The Morgan fingerprint density at radius 1 is 1.40 bits per heavy atom. The smallest absolute Gasteiger partial charge is 0.220 e. The molecule has 0 radical (unpaired) electrons. The molecule has 1 aliphatic rings. The lowest BCUT2D eigenvalue weighted by Crippen LogP contribution is -2.26. The molecule has 3 rings (SSSR count). The van der Waals surface area contributed by atoms with Crippen molar-refractivity contribution in [1.82, 2.24) is 15.3 Å². The van der Waals surface area contributed by atoms with E-state index in [2.05, 4.69) is 39.6 Å². The van der Waals surface area contributed by atoms with E-state index in [1.54, 1.807) is 12.5 Å². The van der Waals surface area contributed by atoms with Crippen molar-refractivity contribution in [2.24, 2.45) is 0 Å². The number of nitrogens with zero attached hydrogens (tertiary/aromatic N) is 1. The summed E-state index contributed by atoms with van der Waals surface area (Å²) in [5.74, 6) is 0.532. The van der Waals surface area contributed by atoms with Crippen LogP contribution in [0, 0.1) is 0 Å². The summed E-state index contributed by atoms with van der Waals surface area (Å²) in [4.78, 5) is 19.0. The molecular formula is C16H19N3O. The van der Waals surface area contributed by atoms with Gasteiger partial charge in [0.25, 0.3) is 0 Å². The first kappa shape index (κ1) is 12.9. The number of amides is 1. The van der Waals surface area contributed by atoms with Crippen LogP contribution in [-0.4, -0.2) is 22.4 Å². The van der Waals surface area contributed by atoms with Gasteiger partial charge in [0.1, 0.15) is 0 Å². The number of hydrogen-bond donors (Lipinski definition) is 2. The lowest BCUT2D eigenvalue weighted by Gasteiger charge is -2.11. The van der Waals surface area contributed by atoms with E-state index in [1.165, 1.54) is 11.1 Å². The minimum Gasteiger partial charge on any atom is -0.356 e. The average molecular weight is 269 g/mol. The molecule has 20 heavy (non-hydrogen) atoms. The highest BCUT2D eigenvalue weighted by molar-refractivity contribution is 5.77. The van der Waals surface area contributed by atoms with E-state index in [4.69, 9.17) is 0 Å². The van der Waals surface area contributed by atoms with Gasteiger partial charge in [-0.1, -0.05) is 24.3 Å². The standard InChI is InChI=1S/C16H19N3O/c20-16(18-8-7-14-10-17-11-19-14)9-13-6-5-12-3-1-2-4-15(12)13/h1-4,10-11,13H,5-9H2,(H,17,19)(H,18,20)/t13-/m0/s1. The van der Waals surface area contributed by atoms with E-state index in [1.807, 2.05) is 0 Å². The molecule has 0 saturated heterocycles. The Morgan fingerprint density at radius 2 is 2.30 bits per heavy atom. The molecule has 0 bridgehead atoms. The lowest BCUT2D eigenvalue weighted by molar-refractivity contribution is -0.121. The molecule has 1 aliphatic carbocycles. The third-order valence-electron chi connectivity index (χ3n) is 3.96. The molecule has 104 valence electrons. The van der Waals surface area contributed by atoms with Crippen molar-refractivity contribution in [1.29, 1.82) is 0 Å². The fourth-order valence-electron chi connectivity index (χ4n) is 2.91. The number of benzene rings is 1. The van der Waals surface area contributed by atoms with Crippen molar-refractivity contribution in [3.63, 3.8) is 0 Å². The Labute approximate surface area is 118 Å². The summed E-state index contributed by atoms with van der Waals surface area (Å²) in [6, 6.07) is 8.47. The number of fused-ring (bicyclic) bond motifs is 1. The van der Waals surface area contributed by atoms with Crippen molar-refractivity contribution < 1.29 is 4.79 Å². The quantitative estimate of drug-likeness (QED) is 0.874. The van der Waals surface area contributed by atoms with Crippen LogP contribution in [0.3, 0.4) is 0 Å². The maximum atomic E-state index is 12.0. The van der Waals surface area contributed by atoms with Gasteiger partial charge in [-0.3, -0.25) is 4.79 Å². The van der Waals surface area contributed by atoms with E-state index in [-0.39, 0.29) is 5.91 Å². The summed E-state index contributed by atoms with van der Waals surface area (Å²) in [5.41, 5.74) is 3.82. The summed E-state index contributed by atoms with van der Waals surface area (Å²) in [7, 11) is 0. The molecule has 1 aromatic heterocycles. The van der Waals surface area contributed by atoms with Crippen molar-refractivity contribution in [3.8, 4) is 0 Å². The van der Waals surface area contributed by atoms with Gasteiger partial charge < -0.3 is 10.3 Å². The fraction of sp³-hybridized carbons (Fsp3) is 0.375. The number of nitrogens with one attached hydrogen (secondary N) is 2. The molecule has 0 spiro atoms. The maximum Gasteiger partial charge on any atom is 0.220 e. The number of carbonyl (C=O) groups excluding carboxylic acids is 1. The van der Waals surface area contributed by atoms with Crippen LogP contribution >= 0.6 is 0 Å². The number of hydrogen-bond acceptors (Lipinski definition) is 2. The first-order valence-corrected chi connectivity index (χ1v) is 7.14. The molecule has 0 fully saturated rings. The molecule has 2 aromatic rings. The van der Waals surface area contributed by atoms with Gasteiger partial charge in [-0.05, 0) is 29.9 Å². The van der Waals surface area contributed by atoms with E-state index in [0.717, 1.165) is 25.0 Å². The number of aromatic nitrogens is 2. The van der Waals surface area contributed by atoms with Gasteiger partial charge in [0.05, 0.1) is 6.33 Å². The third kappa shape index (κ3) is 2.90. The summed E-state index contributed by atoms with van der Waals surface area (Å²) in [6.07, 6.45) is 7.04. The molecular weight excluding hydrogens is 250 g/mol. The molecule has 1 amide bonds. The van der Waals surface area contributed by atoms with Gasteiger partial charge >= 0.3 is 0 Å². The Kier molecular flexibility index (Phi) is 3.81. The van der Waals surface area contributed by atoms with Crippen LogP contribution in [0.5, 0.6) is 0 Å². The second kappa shape index (κ2) is 5.90. The highest BCUT2D eigenvalue weighted by Crippen LogP contribution is 2.34. The normalized spacial score (nSPS) is 16.9. The van der Waals surface area contributed by atoms with Gasteiger partial charge in [0, 0.05) is 31.3 Å². The highest BCUT2D eigenvalue weighted by atomic mass is 16.1. The first-order valence-electron chi connectivity index (χ1n) is 7.14. The van der Waals surface area contributed by atoms with Crippen LogP contribution in [0.4, 0.5) is 0 Å². The second-order valence-electron chi connectivity index (χ2n) is 5.32. The SMILES string of the molecule is O=C(C[C@@H]1CCc2ccccc21)NCCc1cnc[nH]1. The number of rotatable bonds is 5. The van der Waals surface area contributed by atoms with Gasteiger partial charge in [-0.25, -0.2) is 4.98 Å². The fourth-order valence-corrected chi connectivity index (χ4v) is 2.91. The monoisotopic (exact) mass is 269 g/mol. The number of aromatic amines is 1. The Morgan fingerprint density at radius 3 is 3.15 bits per heavy atom. The minimum absolute atomic E-state index is 0.145. The third-order valence-corrected chi connectivity index (χ3v) is 3.96. The topological polar surface area (TPSA) is 57.8 Å². The molecule has 0 unspecified atom stereocenters. The minimum atomic E-state index is 0.145. The first-order chi connectivity index (χ1) is 9.83. The molecule has 0 saturated carbocycles. The van der Waals surface area contributed by atoms with Crippen molar-refractivity contribution in [3.05, 3.63) is 53.6 Å². The zero-order valence-electron chi connectivity index (χ0n) is 11.4. The average Bonchev–Trinajstić information content (AvgIpc) is 3.09. The van der Waals surface area contributed by atoms with Crippen molar-refractivity contribution >= 4 is 5.91 Å². The summed E-state index contributed by atoms with van der Waals surface area (Å²) < 4.78 is 0. The number of imidazole rings is 1. The largest absolute Gasteiger partial charge is 0.356 e. The van der Waals surface area contributed by atoms with Gasteiger partial charge in [0.15, 0.2) is 0 Å². The molecule has 2 N–H and O–H groups in total. The van der Waals surface area contributed by atoms with Crippen LogP contribution in [0.2, 0.25) is 0 Å². The predicted octanol–water partition coefficient (Wildman–Crippen LogP) is 2.19. The van der Waals surface area contributed by atoms with Crippen molar-refractivity contribution in [2.45, 2.75) is 31.6 Å². The van der Waals surface area contributed by atoms with E-state index >= 15 is 0 Å². The molecule has 1 heterocycles. The molecule has 4 heteroatoms. The van der Waals surface area contributed by atoms with Crippen LogP contribution in [0.25, 0.3) is 0 Å². The zero-order valence-corrected chi connectivity index (χ0v) is 11.4. The number of aryl methyl sites for hydroxylation is 1. The zero-order chi connectivity index (χ0) is 13.8. The highest BCUT2D eigenvalue weighted by Gasteiger charge is 2.23. The number of H-pyrrole nitrogens is 1. The molecule has 0 aliphatic heterocycles. The van der Waals surface area contributed by atoms with Gasteiger partial charge in [-0.2, -0.15) is 0 Å². The summed E-state index contributed by atoms with van der Waals surface area (Å²) >= 11 is 0. The molecule has 4 nitrogen and oxygen atoms in total. The summed E-state index contributed by atoms with van der Waals surface area (Å²) in [6.45, 7) is 0.662. The Bertz CT molecular complexity index is 577. The van der Waals surface area contributed by atoms with E-state index in [9.17, 15) is 4.79 Å². The van der Waals surface area contributed by atoms with Gasteiger partial charge in [0.2, 0.25) is 5.91 Å². The maximum absolute atomic E-state index is 12.0. The second-order valence-corrected chi connectivity index (χ2v) is 5.32.